The summed E-state index contributed by atoms with van der Waals surface area (Å²) in [5.41, 5.74) is 1.83. The van der Waals surface area contributed by atoms with E-state index in [1.807, 2.05) is 24.4 Å². The summed E-state index contributed by atoms with van der Waals surface area (Å²) in [5.74, 6) is 1.29. The van der Waals surface area contributed by atoms with E-state index in [-0.39, 0.29) is 5.92 Å². The molecule has 1 N–H and O–H groups in total. The van der Waals surface area contributed by atoms with Crippen molar-refractivity contribution in [3.8, 4) is 5.75 Å². The van der Waals surface area contributed by atoms with E-state index in [2.05, 4.69) is 4.98 Å². The van der Waals surface area contributed by atoms with Crippen LogP contribution in [-0.4, -0.2) is 17.9 Å². The normalized spacial score (nSPS) is 17.1. The summed E-state index contributed by atoms with van der Waals surface area (Å²) in [6.07, 6.45) is 8.84. The summed E-state index contributed by atoms with van der Waals surface area (Å²) in [4.78, 5) is 16.0. The minimum atomic E-state index is 0.197. The molecule has 1 aromatic heterocycles. The van der Waals surface area contributed by atoms with Crippen molar-refractivity contribution < 1.29 is 9.53 Å². The van der Waals surface area contributed by atoms with Gasteiger partial charge in [0.2, 0.25) is 0 Å². The van der Waals surface area contributed by atoms with Gasteiger partial charge in [-0.25, -0.2) is 0 Å². The number of aromatic nitrogens is 1. The molecule has 0 aliphatic heterocycles. The fourth-order valence-corrected chi connectivity index (χ4v) is 3.19. The Labute approximate surface area is 119 Å². The average Bonchev–Trinajstić information content (AvgIpc) is 2.71. The van der Waals surface area contributed by atoms with E-state index in [1.165, 1.54) is 25.7 Å². The van der Waals surface area contributed by atoms with Crippen molar-refractivity contribution in [2.45, 2.75) is 38.5 Å². The van der Waals surface area contributed by atoms with Gasteiger partial charge in [-0.3, -0.25) is 4.79 Å². The van der Waals surface area contributed by atoms with Gasteiger partial charge in [0.15, 0.2) is 5.78 Å². The van der Waals surface area contributed by atoms with Crippen molar-refractivity contribution >= 4 is 16.7 Å². The maximum absolute atomic E-state index is 12.8. The molecule has 1 heterocycles. The summed E-state index contributed by atoms with van der Waals surface area (Å²) < 4.78 is 5.27. The van der Waals surface area contributed by atoms with E-state index < -0.39 is 0 Å². The minimum absolute atomic E-state index is 0.197. The van der Waals surface area contributed by atoms with Crippen LogP contribution in [0.5, 0.6) is 5.75 Å². The second kappa shape index (κ2) is 5.70. The van der Waals surface area contributed by atoms with Crippen LogP contribution in [0.4, 0.5) is 0 Å². The van der Waals surface area contributed by atoms with E-state index in [0.717, 1.165) is 35.1 Å². The van der Waals surface area contributed by atoms with E-state index in [1.54, 1.807) is 7.11 Å². The highest BCUT2D eigenvalue weighted by Gasteiger charge is 2.23. The number of hydrogen-bond donors (Lipinski definition) is 1. The molecule has 0 unspecified atom stereocenters. The SMILES string of the molecule is COc1ccc2[nH]cc(C(=O)C3CCCCCC3)c2c1. The maximum Gasteiger partial charge on any atom is 0.168 e. The first-order chi connectivity index (χ1) is 9.79. The molecule has 20 heavy (non-hydrogen) atoms. The first-order valence-electron chi connectivity index (χ1n) is 7.49. The van der Waals surface area contributed by atoms with Gasteiger partial charge in [-0.05, 0) is 31.0 Å². The molecule has 0 atom stereocenters. The lowest BCUT2D eigenvalue weighted by atomic mass is 9.91. The lowest BCUT2D eigenvalue weighted by Gasteiger charge is -2.12. The second-order valence-electron chi connectivity index (χ2n) is 5.67. The maximum atomic E-state index is 12.8. The van der Waals surface area contributed by atoms with Crippen LogP contribution in [0, 0.1) is 5.92 Å². The average molecular weight is 271 g/mol. The van der Waals surface area contributed by atoms with Gasteiger partial charge >= 0.3 is 0 Å². The first kappa shape index (κ1) is 13.2. The molecule has 1 aromatic carbocycles. The van der Waals surface area contributed by atoms with Crippen LogP contribution in [0.1, 0.15) is 48.9 Å². The molecule has 3 heteroatoms. The van der Waals surface area contributed by atoms with Crippen molar-refractivity contribution in [2.75, 3.05) is 7.11 Å². The fourth-order valence-electron chi connectivity index (χ4n) is 3.19. The number of nitrogens with one attached hydrogen (secondary N) is 1. The molecule has 3 rings (SSSR count). The summed E-state index contributed by atoms with van der Waals surface area (Å²) in [6.45, 7) is 0. The molecule has 1 fully saturated rings. The van der Waals surface area contributed by atoms with E-state index in [0.29, 0.717) is 5.78 Å². The molecular formula is C17H21NO2. The molecule has 0 bridgehead atoms. The topological polar surface area (TPSA) is 42.1 Å². The first-order valence-corrected chi connectivity index (χ1v) is 7.49. The Bertz CT molecular complexity index is 606. The molecule has 106 valence electrons. The number of benzene rings is 1. The van der Waals surface area contributed by atoms with Gasteiger partial charge in [0.1, 0.15) is 5.75 Å². The summed E-state index contributed by atoms with van der Waals surface area (Å²) in [6, 6.07) is 5.84. The van der Waals surface area contributed by atoms with Gasteiger partial charge in [0.05, 0.1) is 7.11 Å². The highest BCUT2D eigenvalue weighted by Crippen LogP contribution is 2.30. The number of ketones is 1. The van der Waals surface area contributed by atoms with Crippen molar-refractivity contribution in [1.82, 2.24) is 4.98 Å². The molecule has 0 amide bonds. The van der Waals surface area contributed by atoms with Gasteiger partial charge in [0, 0.05) is 28.6 Å². The van der Waals surface area contributed by atoms with Crippen LogP contribution >= 0.6 is 0 Å². The highest BCUT2D eigenvalue weighted by molar-refractivity contribution is 6.09. The molecule has 1 aliphatic rings. The van der Waals surface area contributed by atoms with Crippen molar-refractivity contribution in [3.63, 3.8) is 0 Å². The summed E-state index contributed by atoms with van der Waals surface area (Å²) in [5, 5.41) is 0.985. The van der Waals surface area contributed by atoms with Crippen LogP contribution in [-0.2, 0) is 0 Å². The third-order valence-corrected chi connectivity index (χ3v) is 4.38. The second-order valence-corrected chi connectivity index (χ2v) is 5.67. The van der Waals surface area contributed by atoms with E-state index in [9.17, 15) is 4.79 Å². The number of rotatable bonds is 3. The molecule has 0 spiro atoms. The Balaban J connectivity index is 1.94. The number of Topliss-reactive ketones (excluding diaryl/α,β-unsaturated/α-hetero) is 1. The van der Waals surface area contributed by atoms with E-state index in [4.69, 9.17) is 4.74 Å². The van der Waals surface area contributed by atoms with Gasteiger partial charge in [-0.2, -0.15) is 0 Å². The quantitative estimate of drug-likeness (QED) is 0.667. The van der Waals surface area contributed by atoms with E-state index >= 15 is 0 Å². The smallest absolute Gasteiger partial charge is 0.168 e. The monoisotopic (exact) mass is 271 g/mol. The number of aromatic amines is 1. The molecule has 2 aromatic rings. The van der Waals surface area contributed by atoms with Gasteiger partial charge in [-0.1, -0.05) is 25.7 Å². The largest absolute Gasteiger partial charge is 0.497 e. The lowest BCUT2D eigenvalue weighted by Crippen LogP contribution is -2.13. The van der Waals surface area contributed by atoms with Gasteiger partial charge in [-0.15, -0.1) is 0 Å². The van der Waals surface area contributed by atoms with Gasteiger partial charge < -0.3 is 9.72 Å². The number of carbonyl (C=O) groups is 1. The van der Waals surface area contributed by atoms with Crippen LogP contribution in [0.2, 0.25) is 0 Å². The zero-order valence-corrected chi connectivity index (χ0v) is 11.9. The number of ether oxygens (including phenoxy) is 1. The van der Waals surface area contributed by atoms with Crippen molar-refractivity contribution in [1.29, 1.82) is 0 Å². The predicted octanol–water partition coefficient (Wildman–Crippen LogP) is 4.33. The standard InChI is InChI=1S/C17H21NO2/c1-20-13-8-9-16-14(10-13)15(11-18-16)17(19)12-6-4-2-3-5-7-12/h8-12,18H,2-7H2,1H3. The number of hydrogen-bond acceptors (Lipinski definition) is 2. The van der Waals surface area contributed by atoms with Crippen molar-refractivity contribution in [3.05, 3.63) is 30.0 Å². The predicted molar refractivity (Wildman–Crippen MR) is 80.4 cm³/mol. The van der Waals surface area contributed by atoms with Crippen LogP contribution in [0.3, 0.4) is 0 Å². The summed E-state index contributed by atoms with van der Waals surface area (Å²) >= 11 is 0. The highest BCUT2D eigenvalue weighted by atomic mass is 16.5. The molecular weight excluding hydrogens is 250 g/mol. The molecule has 3 nitrogen and oxygen atoms in total. The summed E-state index contributed by atoms with van der Waals surface area (Å²) in [7, 11) is 1.65. The Morgan fingerprint density at radius 2 is 1.95 bits per heavy atom. The fraction of sp³-hybridized carbons (Fsp3) is 0.471. The van der Waals surface area contributed by atoms with Crippen molar-refractivity contribution in [2.24, 2.45) is 5.92 Å². The Morgan fingerprint density at radius 3 is 2.65 bits per heavy atom. The number of methoxy groups -OCH3 is 1. The Kier molecular flexibility index (Phi) is 3.77. The van der Waals surface area contributed by atoms with Crippen LogP contribution in [0.25, 0.3) is 10.9 Å². The zero-order valence-electron chi connectivity index (χ0n) is 11.9. The molecule has 0 saturated heterocycles. The zero-order chi connectivity index (χ0) is 13.9. The van der Waals surface area contributed by atoms with Crippen LogP contribution < -0.4 is 4.74 Å². The Hall–Kier alpha value is -1.77. The minimum Gasteiger partial charge on any atom is -0.497 e. The number of fused-ring (bicyclic) bond motifs is 1. The third kappa shape index (κ3) is 2.45. The lowest BCUT2D eigenvalue weighted by molar-refractivity contribution is 0.0909. The van der Waals surface area contributed by atoms with Gasteiger partial charge in [0.25, 0.3) is 0 Å². The van der Waals surface area contributed by atoms with Crippen LogP contribution in [0.15, 0.2) is 24.4 Å². The number of carbonyl (C=O) groups excluding carboxylic acids is 1. The molecule has 1 aliphatic carbocycles. The Morgan fingerprint density at radius 1 is 1.20 bits per heavy atom. The molecule has 0 radical (unpaired) electrons. The third-order valence-electron chi connectivity index (χ3n) is 4.38. The molecule has 1 saturated carbocycles. The number of H-pyrrole nitrogens is 1.